The Labute approximate surface area is 172 Å². The van der Waals surface area contributed by atoms with E-state index in [9.17, 15) is 4.79 Å². The molecule has 0 N–H and O–H groups in total. The molecule has 0 spiro atoms. The van der Waals surface area contributed by atoms with Crippen molar-refractivity contribution in [3.63, 3.8) is 0 Å². The number of hydrogen-bond acceptors (Lipinski definition) is 2. The van der Waals surface area contributed by atoms with Crippen LogP contribution in [0, 0.1) is 5.41 Å². The Kier molecular flexibility index (Phi) is 8.54. The topological polar surface area (TPSA) is 26.3 Å². The summed E-state index contributed by atoms with van der Waals surface area (Å²) in [5.74, 6) is -0.262. The first-order chi connectivity index (χ1) is 13.3. The van der Waals surface area contributed by atoms with E-state index >= 15 is 0 Å². The number of hydrogen-bond donors (Lipinski definition) is 0. The molecule has 0 atom stereocenters. The number of carbonyl (C=O) groups excluding carboxylic acids is 1. The number of esters is 1. The van der Waals surface area contributed by atoms with Crippen molar-refractivity contribution in [2.45, 2.75) is 86.0 Å². The van der Waals surface area contributed by atoms with Gasteiger partial charge in [-0.1, -0.05) is 50.1 Å². The van der Waals surface area contributed by atoms with Gasteiger partial charge >= 0.3 is 5.97 Å². The molecule has 0 saturated heterocycles. The monoisotopic (exact) mass is 382 g/mol. The SMILES string of the molecule is CCOC(=O)C=C(C)C=CC1=C(C=CC2=C(C)CCCC2(C)C)CCCCC1. The molecule has 0 bridgehead atoms. The highest BCUT2D eigenvalue weighted by atomic mass is 16.5. The lowest BCUT2D eigenvalue weighted by Gasteiger charge is -2.33. The van der Waals surface area contributed by atoms with Gasteiger partial charge in [-0.15, -0.1) is 0 Å². The van der Waals surface area contributed by atoms with Crippen LogP contribution in [0.25, 0.3) is 0 Å². The maximum atomic E-state index is 11.6. The Bertz CT molecular complexity index is 711. The van der Waals surface area contributed by atoms with E-state index in [0.717, 1.165) is 18.4 Å². The van der Waals surface area contributed by atoms with E-state index in [0.29, 0.717) is 6.61 Å². The van der Waals surface area contributed by atoms with Crippen LogP contribution in [-0.2, 0) is 9.53 Å². The predicted octanol–water partition coefficient (Wildman–Crippen LogP) is 7.40. The molecule has 0 aliphatic heterocycles. The molecule has 2 rings (SSSR count). The third-order valence-electron chi connectivity index (χ3n) is 5.98. The van der Waals surface area contributed by atoms with E-state index in [4.69, 9.17) is 4.74 Å². The normalized spacial score (nSPS) is 21.5. The van der Waals surface area contributed by atoms with Crippen LogP contribution >= 0.6 is 0 Å². The van der Waals surface area contributed by atoms with Gasteiger partial charge in [0.25, 0.3) is 0 Å². The van der Waals surface area contributed by atoms with E-state index in [2.05, 4.69) is 45.1 Å². The summed E-state index contributed by atoms with van der Waals surface area (Å²) in [6.45, 7) is 11.3. The van der Waals surface area contributed by atoms with Crippen LogP contribution in [0.2, 0.25) is 0 Å². The first kappa shape index (κ1) is 22.5. The fourth-order valence-corrected chi connectivity index (χ4v) is 4.35. The summed E-state index contributed by atoms with van der Waals surface area (Å²) in [6.07, 6.45) is 20.5. The molecule has 0 radical (unpaired) electrons. The molecular formula is C26H38O2. The lowest BCUT2D eigenvalue weighted by Crippen LogP contribution is -2.19. The van der Waals surface area contributed by atoms with Crippen LogP contribution in [0.15, 0.2) is 58.2 Å². The van der Waals surface area contributed by atoms with Crippen LogP contribution in [0.1, 0.15) is 86.0 Å². The Morgan fingerprint density at radius 2 is 1.68 bits per heavy atom. The molecular weight excluding hydrogens is 344 g/mol. The fourth-order valence-electron chi connectivity index (χ4n) is 4.35. The quantitative estimate of drug-likeness (QED) is 0.272. The van der Waals surface area contributed by atoms with Crippen molar-refractivity contribution in [2.24, 2.45) is 5.41 Å². The van der Waals surface area contributed by atoms with Crippen molar-refractivity contribution in [3.05, 3.63) is 58.2 Å². The van der Waals surface area contributed by atoms with E-state index in [1.54, 1.807) is 11.6 Å². The maximum absolute atomic E-state index is 11.6. The largest absolute Gasteiger partial charge is 0.463 e. The smallest absolute Gasteiger partial charge is 0.330 e. The standard InChI is InChI=1S/C26H38O2/c1-6-28-25(27)19-20(2)14-15-22-12-8-7-9-13-23(22)16-17-24-21(3)11-10-18-26(24,4)5/h14-17,19H,6-13,18H2,1-5H3. The molecule has 0 aromatic heterocycles. The Morgan fingerprint density at radius 1 is 1.00 bits per heavy atom. The zero-order chi connectivity index (χ0) is 20.6. The van der Waals surface area contributed by atoms with Gasteiger partial charge in [0.05, 0.1) is 6.61 Å². The minimum absolute atomic E-state index is 0.262. The summed E-state index contributed by atoms with van der Waals surface area (Å²) in [7, 11) is 0. The summed E-state index contributed by atoms with van der Waals surface area (Å²) in [5, 5.41) is 0. The van der Waals surface area contributed by atoms with E-state index < -0.39 is 0 Å². The van der Waals surface area contributed by atoms with Gasteiger partial charge in [-0.05, 0) is 93.4 Å². The first-order valence-electron chi connectivity index (χ1n) is 11.0. The summed E-state index contributed by atoms with van der Waals surface area (Å²) in [6, 6.07) is 0. The molecule has 2 aliphatic rings. The van der Waals surface area contributed by atoms with E-state index in [1.807, 2.05) is 13.8 Å². The molecule has 0 heterocycles. The highest BCUT2D eigenvalue weighted by Crippen LogP contribution is 2.41. The van der Waals surface area contributed by atoms with Crippen molar-refractivity contribution in [2.75, 3.05) is 6.61 Å². The average molecular weight is 383 g/mol. The molecule has 0 aromatic rings. The summed E-state index contributed by atoms with van der Waals surface area (Å²) >= 11 is 0. The van der Waals surface area contributed by atoms with Gasteiger partial charge in [0.15, 0.2) is 0 Å². The van der Waals surface area contributed by atoms with Gasteiger partial charge in [-0.3, -0.25) is 0 Å². The van der Waals surface area contributed by atoms with Crippen molar-refractivity contribution in [1.82, 2.24) is 0 Å². The average Bonchev–Trinajstić information content (AvgIpc) is 2.84. The molecule has 0 aromatic carbocycles. The molecule has 0 amide bonds. The second kappa shape index (κ2) is 10.6. The fraction of sp³-hybridized carbons (Fsp3) is 0.577. The molecule has 2 aliphatic carbocycles. The van der Waals surface area contributed by atoms with Gasteiger partial charge in [-0.2, -0.15) is 0 Å². The zero-order valence-corrected chi connectivity index (χ0v) is 18.6. The molecule has 154 valence electrons. The molecule has 2 nitrogen and oxygen atoms in total. The van der Waals surface area contributed by atoms with Gasteiger partial charge in [0, 0.05) is 6.08 Å². The van der Waals surface area contributed by atoms with Crippen molar-refractivity contribution < 1.29 is 9.53 Å². The Morgan fingerprint density at radius 3 is 2.32 bits per heavy atom. The molecule has 2 heteroatoms. The molecule has 0 saturated carbocycles. The lowest BCUT2D eigenvalue weighted by molar-refractivity contribution is -0.137. The van der Waals surface area contributed by atoms with Gasteiger partial charge in [0.2, 0.25) is 0 Å². The third-order valence-corrected chi connectivity index (χ3v) is 5.98. The third kappa shape index (κ3) is 6.65. The zero-order valence-electron chi connectivity index (χ0n) is 18.6. The number of ether oxygens (including phenoxy) is 1. The Hall–Kier alpha value is -1.83. The van der Waals surface area contributed by atoms with E-state index in [-0.39, 0.29) is 11.4 Å². The minimum atomic E-state index is -0.262. The van der Waals surface area contributed by atoms with E-state index in [1.165, 1.54) is 55.2 Å². The number of rotatable bonds is 6. The van der Waals surface area contributed by atoms with Crippen LogP contribution in [0.3, 0.4) is 0 Å². The van der Waals surface area contributed by atoms with Gasteiger partial charge in [0.1, 0.15) is 0 Å². The predicted molar refractivity (Wildman–Crippen MR) is 119 cm³/mol. The molecule has 28 heavy (non-hydrogen) atoms. The number of allylic oxidation sites excluding steroid dienone is 9. The summed E-state index contributed by atoms with van der Waals surface area (Å²) < 4.78 is 5.00. The van der Waals surface area contributed by atoms with Crippen LogP contribution in [0.5, 0.6) is 0 Å². The summed E-state index contributed by atoms with van der Waals surface area (Å²) in [5.41, 5.74) is 7.16. The molecule has 0 fully saturated rings. The van der Waals surface area contributed by atoms with Crippen molar-refractivity contribution >= 4 is 5.97 Å². The maximum Gasteiger partial charge on any atom is 0.330 e. The van der Waals surface area contributed by atoms with Crippen molar-refractivity contribution in [1.29, 1.82) is 0 Å². The highest BCUT2D eigenvalue weighted by molar-refractivity contribution is 5.83. The van der Waals surface area contributed by atoms with Crippen LogP contribution < -0.4 is 0 Å². The van der Waals surface area contributed by atoms with Crippen molar-refractivity contribution in [3.8, 4) is 0 Å². The highest BCUT2D eigenvalue weighted by Gasteiger charge is 2.26. The molecule has 0 unspecified atom stereocenters. The second-order valence-corrected chi connectivity index (χ2v) is 8.85. The Balaban J connectivity index is 2.25. The van der Waals surface area contributed by atoms with Crippen LogP contribution in [0.4, 0.5) is 0 Å². The minimum Gasteiger partial charge on any atom is -0.463 e. The first-order valence-corrected chi connectivity index (χ1v) is 11.0. The van der Waals surface area contributed by atoms with Gasteiger partial charge < -0.3 is 4.74 Å². The second-order valence-electron chi connectivity index (χ2n) is 8.85. The summed E-state index contributed by atoms with van der Waals surface area (Å²) in [4.78, 5) is 11.6. The lowest BCUT2D eigenvalue weighted by atomic mass is 9.72. The van der Waals surface area contributed by atoms with Crippen LogP contribution in [-0.4, -0.2) is 12.6 Å². The van der Waals surface area contributed by atoms with Gasteiger partial charge in [-0.25, -0.2) is 4.79 Å². The number of carbonyl (C=O) groups is 1.